The minimum atomic E-state index is -0.684. The second-order valence-corrected chi connectivity index (χ2v) is 9.36. The summed E-state index contributed by atoms with van der Waals surface area (Å²) in [5.74, 6) is 0.481. The number of carbonyl (C=O) groups is 2. The SMILES string of the molecule is Cc1c(CN2CCN(C(=O)CC3CC3)[C@@H](C)C2)cc(C#N)cc1NC(=O)c1ccc(CF)nc1. The smallest absolute Gasteiger partial charge is 0.257 e. The van der Waals surface area contributed by atoms with E-state index in [1.54, 1.807) is 6.07 Å². The molecule has 1 aliphatic carbocycles. The molecule has 34 heavy (non-hydrogen) atoms. The number of hydrogen-bond acceptors (Lipinski definition) is 5. The molecule has 7 nitrogen and oxygen atoms in total. The fourth-order valence-electron chi connectivity index (χ4n) is 4.44. The Balaban J connectivity index is 1.45. The maximum absolute atomic E-state index is 12.7. The predicted octanol–water partition coefficient (Wildman–Crippen LogP) is 3.82. The maximum Gasteiger partial charge on any atom is 0.257 e. The maximum atomic E-state index is 12.7. The van der Waals surface area contributed by atoms with E-state index in [0.717, 1.165) is 24.2 Å². The Kier molecular flexibility index (Phi) is 7.23. The predicted molar refractivity (Wildman–Crippen MR) is 127 cm³/mol. The molecule has 2 heterocycles. The molecule has 1 atom stereocenters. The van der Waals surface area contributed by atoms with E-state index in [1.807, 2.05) is 17.9 Å². The number of alkyl halides is 1. The van der Waals surface area contributed by atoms with Crippen LogP contribution in [-0.2, 0) is 18.0 Å². The number of hydrogen-bond donors (Lipinski definition) is 1. The first-order valence-corrected chi connectivity index (χ1v) is 11.8. The van der Waals surface area contributed by atoms with Crippen LogP contribution in [0.15, 0.2) is 30.5 Å². The number of rotatable bonds is 7. The largest absolute Gasteiger partial charge is 0.337 e. The normalized spacial score (nSPS) is 18.4. The highest BCUT2D eigenvalue weighted by Gasteiger charge is 2.32. The van der Waals surface area contributed by atoms with Crippen LogP contribution < -0.4 is 5.32 Å². The quantitative estimate of drug-likeness (QED) is 0.674. The molecule has 1 aromatic carbocycles. The number of amides is 2. The Morgan fingerprint density at radius 3 is 2.68 bits per heavy atom. The van der Waals surface area contributed by atoms with E-state index in [-0.39, 0.29) is 23.6 Å². The number of benzene rings is 1. The van der Waals surface area contributed by atoms with Crippen molar-refractivity contribution in [2.75, 3.05) is 25.0 Å². The van der Waals surface area contributed by atoms with Crippen molar-refractivity contribution in [2.45, 2.75) is 52.4 Å². The molecule has 0 radical (unpaired) electrons. The lowest BCUT2D eigenvalue weighted by atomic mass is 10.0. The second-order valence-electron chi connectivity index (χ2n) is 9.36. The summed E-state index contributed by atoms with van der Waals surface area (Å²) >= 11 is 0. The van der Waals surface area contributed by atoms with Gasteiger partial charge < -0.3 is 10.2 Å². The van der Waals surface area contributed by atoms with Gasteiger partial charge in [-0.25, -0.2) is 4.39 Å². The lowest BCUT2D eigenvalue weighted by molar-refractivity contribution is -0.136. The Bertz CT molecular complexity index is 1110. The van der Waals surface area contributed by atoms with Crippen LogP contribution in [0.5, 0.6) is 0 Å². The van der Waals surface area contributed by atoms with Gasteiger partial charge >= 0.3 is 0 Å². The van der Waals surface area contributed by atoms with Crippen molar-refractivity contribution in [3.8, 4) is 6.07 Å². The molecule has 8 heteroatoms. The van der Waals surface area contributed by atoms with Gasteiger partial charge in [-0.3, -0.25) is 19.5 Å². The number of aromatic nitrogens is 1. The van der Waals surface area contributed by atoms with Crippen molar-refractivity contribution in [3.63, 3.8) is 0 Å². The van der Waals surface area contributed by atoms with Gasteiger partial charge in [-0.05, 0) is 68.0 Å². The second kappa shape index (κ2) is 10.3. The van der Waals surface area contributed by atoms with Crippen LogP contribution >= 0.6 is 0 Å². The molecule has 1 saturated carbocycles. The summed E-state index contributed by atoms with van der Waals surface area (Å²) in [7, 11) is 0. The van der Waals surface area contributed by atoms with E-state index in [4.69, 9.17) is 0 Å². The molecule has 2 fully saturated rings. The summed E-state index contributed by atoms with van der Waals surface area (Å²) in [6, 6.07) is 8.85. The summed E-state index contributed by atoms with van der Waals surface area (Å²) < 4.78 is 12.7. The highest BCUT2D eigenvalue weighted by atomic mass is 19.1. The first-order valence-electron chi connectivity index (χ1n) is 11.8. The fraction of sp³-hybridized carbons (Fsp3) is 0.462. The van der Waals surface area contributed by atoms with Gasteiger partial charge in [-0.15, -0.1) is 0 Å². The Labute approximate surface area is 199 Å². The van der Waals surface area contributed by atoms with Crippen LogP contribution in [0, 0.1) is 24.2 Å². The van der Waals surface area contributed by atoms with Gasteiger partial charge in [-0.1, -0.05) is 0 Å². The first-order chi connectivity index (χ1) is 16.4. The highest BCUT2D eigenvalue weighted by Crippen LogP contribution is 2.33. The van der Waals surface area contributed by atoms with Crippen molar-refractivity contribution in [1.29, 1.82) is 5.26 Å². The lowest BCUT2D eigenvalue weighted by Crippen LogP contribution is -2.53. The molecule has 178 valence electrons. The van der Waals surface area contributed by atoms with Crippen LogP contribution in [-0.4, -0.2) is 52.3 Å². The molecule has 1 aliphatic heterocycles. The number of piperazine rings is 1. The van der Waals surface area contributed by atoms with Crippen molar-refractivity contribution < 1.29 is 14.0 Å². The summed E-state index contributed by atoms with van der Waals surface area (Å²) in [4.78, 5) is 33.5. The molecule has 1 aromatic heterocycles. The number of nitrogens with zero attached hydrogens (tertiary/aromatic N) is 4. The van der Waals surface area contributed by atoms with Crippen LogP contribution in [0.4, 0.5) is 10.1 Å². The van der Waals surface area contributed by atoms with Gasteiger partial charge in [0.25, 0.3) is 5.91 Å². The lowest BCUT2D eigenvalue weighted by Gasteiger charge is -2.40. The number of halogens is 1. The van der Waals surface area contributed by atoms with Gasteiger partial charge in [0.2, 0.25) is 5.91 Å². The van der Waals surface area contributed by atoms with Gasteiger partial charge in [-0.2, -0.15) is 5.26 Å². The fourth-order valence-corrected chi connectivity index (χ4v) is 4.44. The summed E-state index contributed by atoms with van der Waals surface area (Å²) in [6.07, 6.45) is 4.36. The topological polar surface area (TPSA) is 89.3 Å². The van der Waals surface area contributed by atoms with Gasteiger partial charge in [0.15, 0.2) is 0 Å². The van der Waals surface area contributed by atoms with Crippen molar-refractivity contribution in [1.82, 2.24) is 14.8 Å². The highest BCUT2D eigenvalue weighted by molar-refractivity contribution is 6.04. The van der Waals surface area contributed by atoms with Crippen molar-refractivity contribution in [3.05, 3.63) is 58.4 Å². The van der Waals surface area contributed by atoms with Crippen molar-refractivity contribution >= 4 is 17.5 Å². The molecule has 0 spiro atoms. The zero-order valence-corrected chi connectivity index (χ0v) is 19.7. The molecule has 2 amide bonds. The van der Waals surface area contributed by atoms with E-state index >= 15 is 0 Å². The number of pyridine rings is 1. The van der Waals surface area contributed by atoms with E-state index in [1.165, 1.54) is 31.2 Å². The van der Waals surface area contributed by atoms with Crippen LogP contribution in [0.25, 0.3) is 0 Å². The molecule has 2 aromatic rings. The first kappa shape index (κ1) is 23.8. The van der Waals surface area contributed by atoms with Gasteiger partial charge in [0, 0.05) is 50.5 Å². The van der Waals surface area contributed by atoms with Gasteiger partial charge in [0.1, 0.15) is 6.67 Å². The molecule has 1 saturated heterocycles. The Hall–Kier alpha value is -3.31. The summed E-state index contributed by atoms with van der Waals surface area (Å²) in [5.41, 5.74) is 3.48. The minimum Gasteiger partial charge on any atom is -0.337 e. The minimum absolute atomic E-state index is 0.137. The number of carbonyl (C=O) groups excluding carboxylic acids is 2. The zero-order valence-electron chi connectivity index (χ0n) is 19.7. The summed E-state index contributed by atoms with van der Waals surface area (Å²) in [6.45, 7) is 6.20. The van der Waals surface area contributed by atoms with Crippen LogP contribution in [0.2, 0.25) is 0 Å². The van der Waals surface area contributed by atoms with Gasteiger partial charge in [0.05, 0.1) is 22.9 Å². The number of nitriles is 1. The third-order valence-electron chi connectivity index (χ3n) is 6.70. The van der Waals surface area contributed by atoms with E-state index in [0.29, 0.717) is 42.2 Å². The zero-order chi connectivity index (χ0) is 24.2. The Morgan fingerprint density at radius 1 is 1.26 bits per heavy atom. The average molecular weight is 464 g/mol. The third kappa shape index (κ3) is 5.60. The molecular formula is C26H30FN5O2. The average Bonchev–Trinajstić information content (AvgIpc) is 3.65. The number of nitrogens with one attached hydrogen (secondary N) is 1. The van der Waals surface area contributed by atoms with Crippen LogP contribution in [0.3, 0.4) is 0 Å². The van der Waals surface area contributed by atoms with Crippen LogP contribution in [0.1, 0.15) is 58.9 Å². The molecular weight excluding hydrogens is 433 g/mol. The Morgan fingerprint density at radius 2 is 2.06 bits per heavy atom. The monoisotopic (exact) mass is 463 g/mol. The molecule has 1 N–H and O–H groups in total. The molecule has 4 rings (SSSR count). The van der Waals surface area contributed by atoms with E-state index < -0.39 is 6.67 Å². The number of anilines is 1. The standard InChI is InChI=1S/C26H30FN5O2/c1-17-15-31(7-8-32(17)25(33)11-19-3-4-19)16-22-9-20(13-28)10-24(18(22)2)30-26(34)21-5-6-23(12-27)29-14-21/h5-6,9-10,14,17,19H,3-4,7-8,11-12,15-16H2,1-2H3,(H,30,34)/t17-/m0/s1. The van der Waals surface area contributed by atoms with E-state index in [2.05, 4.69) is 28.2 Å². The van der Waals surface area contributed by atoms with Crippen molar-refractivity contribution in [2.24, 2.45) is 5.92 Å². The molecule has 2 aliphatic rings. The molecule has 0 bridgehead atoms. The molecule has 0 unspecified atom stereocenters. The van der Waals surface area contributed by atoms with E-state index in [9.17, 15) is 19.2 Å². The third-order valence-corrected chi connectivity index (χ3v) is 6.70. The summed E-state index contributed by atoms with van der Waals surface area (Å²) in [5, 5.41) is 12.4.